The molecule has 0 radical (unpaired) electrons. The van der Waals surface area contributed by atoms with Crippen LogP contribution in [0.2, 0.25) is 0 Å². The van der Waals surface area contributed by atoms with Gasteiger partial charge >= 0.3 is 0 Å². The minimum Gasteiger partial charge on any atom is -0.254 e. The molecule has 0 saturated heterocycles. The number of hydrogen-bond donors (Lipinski definition) is 0. The molecule has 4 heteroatoms. The van der Waals surface area contributed by atoms with Gasteiger partial charge in [-0.1, -0.05) is 139 Å². The highest BCUT2D eigenvalue weighted by Gasteiger charge is 2.42. The van der Waals surface area contributed by atoms with Crippen molar-refractivity contribution in [1.82, 2.24) is 19.9 Å². The number of pyridine rings is 4. The zero-order valence-corrected chi connectivity index (χ0v) is 33.7. The van der Waals surface area contributed by atoms with Crippen molar-refractivity contribution in [3.63, 3.8) is 0 Å². The van der Waals surface area contributed by atoms with Gasteiger partial charge in [-0.3, -0.25) is 19.9 Å². The zero-order chi connectivity index (χ0) is 38.6. The highest BCUT2D eigenvalue weighted by Crippen LogP contribution is 2.56. The minimum absolute atomic E-state index is 0.0783. The normalized spacial score (nSPS) is 13.2. The quantitative estimate of drug-likeness (QED) is 0.0730. The lowest BCUT2D eigenvalue weighted by atomic mass is 9.70. The summed E-state index contributed by atoms with van der Waals surface area (Å²) in [5.74, 6) is 0. The number of aromatic nitrogens is 4. The molecule has 0 fully saturated rings. The summed E-state index contributed by atoms with van der Waals surface area (Å²) < 4.78 is 0. The topological polar surface area (TPSA) is 51.6 Å². The number of unbranched alkanes of at least 4 members (excludes halogenated alkanes) is 10. The smallest absolute Gasteiger partial charge is 0.0970 e. The van der Waals surface area contributed by atoms with Crippen LogP contribution in [0.3, 0.4) is 0 Å². The highest BCUT2D eigenvalue weighted by molar-refractivity contribution is 6.11. The van der Waals surface area contributed by atoms with E-state index in [1.54, 1.807) is 0 Å². The first kappa shape index (κ1) is 37.1. The van der Waals surface area contributed by atoms with Crippen LogP contribution in [0, 0.1) is 0 Å². The van der Waals surface area contributed by atoms with Gasteiger partial charge in [0.1, 0.15) is 0 Å². The van der Waals surface area contributed by atoms with Gasteiger partial charge in [0.2, 0.25) is 0 Å². The highest BCUT2D eigenvalue weighted by atomic mass is 14.7. The van der Waals surface area contributed by atoms with E-state index in [2.05, 4.69) is 98.8 Å². The Morgan fingerprint density at radius 1 is 0.386 bits per heavy atom. The van der Waals surface area contributed by atoms with Gasteiger partial charge in [-0.2, -0.15) is 0 Å². The Morgan fingerprint density at radius 3 is 1.25 bits per heavy atom. The summed E-state index contributed by atoms with van der Waals surface area (Å²) >= 11 is 0. The molecular formula is C53H54N4. The van der Waals surface area contributed by atoms with Crippen LogP contribution in [0.4, 0.5) is 0 Å². The van der Waals surface area contributed by atoms with Crippen molar-refractivity contribution >= 4 is 43.6 Å². The van der Waals surface area contributed by atoms with E-state index in [4.69, 9.17) is 19.9 Å². The van der Waals surface area contributed by atoms with E-state index in [1.165, 1.54) is 122 Å². The third kappa shape index (κ3) is 6.98. The van der Waals surface area contributed by atoms with Crippen LogP contribution < -0.4 is 0 Å². The lowest BCUT2D eigenvalue weighted by Crippen LogP contribution is -2.25. The minimum atomic E-state index is -0.0783. The average molecular weight is 747 g/mol. The fourth-order valence-electron chi connectivity index (χ4n) is 9.94. The van der Waals surface area contributed by atoms with E-state index in [1.807, 2.05) is 36.9 Å². The van der Waals surface area contributed by atoms with E-state index in [-0.39, 0.29) is 5.41 Å². The Bertz CT molecular complexity index is 2510. The second-order valence-electron chi connectivity index (χ2n) is 16.4. The molecule has 4 heterocycles. The molecular weight excluding hydrogens is 693 g/mol. The van der Waals surface area contributed by atoms with Crippen molar-refractivity contribution in [2.75, 3.05) is 0 Å². The summed E-state index contributed by atoms with van der Waals surface area (Å²) in [7, 11) is 0. The molecule has 0 atom stereocenters. The number of nitrogens with zero attached hydrogens (tertiary/aromatic N) is 4. The van der Waals surface area contributed by atoms with Crippen molar-refractivity contribution in [3.8, 4) is 33.4 Å². The molecule has 0 saturated carbocycles. The van der Waals surface area contributed by atoms with Gasteiger partial charge in [-0.05, 0) is 106 Å². The molecule has 1 aliphatic carbocycles. The van der Waals surface area contributed by atoms with Crippen molar-refractivity contribution < 1.29 is 0 Å². The summed E-state index contributed by atoms with van der Waals surface area (Å²) in [6.07, 6.45) is 25.4. The number of fused-ring (bicyclic) bond motifs is 9. The molecule has 0 spiro atoms. The molecule has 4 aromatic carbocycles. The largest absolute Gasteiger partial charge is 0.254 e. The zero-order valence-electron chi connectivity index (χ0n) is 33.7. The molecule has 0 amide bonds. The Hall–Kier alpha value is -5.48. The second-order valence-corrected chi connectivity index (χ2v) is 16.4. The van der Waals surface area contributed by atoms with Crippen molar-refractivity contribution in [1.29, 1.82) is 0 Å². The third-order valence-electron chi connectivity index (χ3n) is 12.8. The maximum absolute atomic E-state index is 4.88. The van der Waals surface area contributed by atoms with E-state index in [0.717, 1.165) is 56.5 Å². The van der Waals surface area contributed by atoms with Gasteiger partial charge in [0.25, 0.3) is 0 Å². The van der Waals surface area contributed by atoms with Gasteiger partial charge < -0.3 is 0 Å². The fraction of sp³-hybridized carbons (Fsp3) is 0.321. The summed E-state index contributed by atoms with van der Waals surface area (Å²) in [6, 6.07) is 36.4. The van der Waals surface area contributed by atoms with E-state index in [9.17, 15) is 0 Å². The van der Waals surface area contributed by atoms with Gasteiger partial charge in [0, 0.05) is 51.7 Å². The predicted octanol–water partition coefficient (Wildman–Crippen LogP) is 15.0. The Balaban J connectivity index is 1.22. The van der Waals surface area contributed by atoms with Gasteiger partial charge in [0.15, 0.2) is 0 Å². The van der Waals surface area contributed by atoms with Crippen LogP contribution in [0.1, 0.15) is 115 Å². The summed E-state index contributed by atoms with van der Waals surface area (Å²) in [5.41, 5.74) is 14.6. The van der Waals surface area contributed by atoms with Crippen LogP contribution in [-0.2, 0) is 5.41 Å². The van der Waals surface area contributed by atoms with Crippen LogP contribution >= 0.6 is 0 Å². The first-order valence-corrected chi connectivity index (χ1v) is 21.8. The second kappa shape index (κ2) is 16.5. The molecule has 0 unspecified atom stereocenters. The molecule has 286 valence electrons. The SMILES string of the molecule is CCCCCCCCC1(CCCCCCCC)c2cc(-c3cc4cccnc4c4ncccc34)ccc2-c2ccc(-c3cc4cccnc4c4ncccc34)cc21. The predicted molar refractivity (Wildman–Crippen MR) is 241 cm³/mol. The molecule has 8 aromatic rings. The van der Waals surface area contributed by atoms with E-state index < -0.39 is 0 Å². The Kier molecular flexibility index (Phi) is 10.8. The number of rotatable bonds is 16. The molecule has 4 aromatic heterocycles. The van der Waals surface area contributed by atoms with Gasteiger partial charge in [-0.25, -0.2) is 0 Å². The van der Waals surface area contributed by atoms with Crippen LogP contribution in [-0.4, -0.2) is 19.9 Å². The standard InChI is InChI=1S/C53H54N4/c1-3-5-7-9-11-13-27-53(28-14-12-10-8-6-4-2)47-35-37(45-33-39-19-15-29-54-49(39)51-43(45)21-17-31-56-51)23-25-41(47)42-26-24-38(36-48(42)53)46-34-40-20-16-30-55-50(40)52-44(46)22-18-32-57-52/h15-26,29-36H,3-14,27-28H2,1-2H3. The Labute approximate surface area is 337 Å². The van der Waals surface area contributed by atoms with Crippen molar-refractivity contribution in [2.45, 2.75) is 109 Å². The monoisotopic (exact) mass is 746 g/mol. The van der Waals surface area contributed by atoms with Crippen LogP contribution in [0.5, 0.6) is 0 Å². The van der Waals surface area contributed by atoms with Crippen LogP contribution in [0.15, 0.2) is 122 Å². The van der Waals surface area contributed by atoms with Crippen LogP contribution in [0.25, 0.3) is 77.0 Å². The van der Waals surface area contributed by atoms with Gasteiger partial charge in [0.05, 0.1) is 22.1 Å². The van der Waals surface area contributed by atoms with E-state index >= 15 is 0 Å². The summed E-state index contributed by atoms with van der Waals surface area (Å²) in [5, 5.41) is 4.57. The third-order valence-corrected chi connectivity index (χ3v) is 12.8. The lowest BCUT2D eigenvalue weighted by Gasteiger charge is -2.33. The molecule has 4 nitrogen and oxygen atoms in total. The summed E-state index contributed by atoms with van der Waals surface area (Å²) in [6.45, 7) is 4.63. The molecule has 1 aliphatic rings. The molecule has 0 bridgehead atoms. The van der Waals surface area contributed by atoms with Crippen molar-refractivity contribution in [2.24, 2.45) is 0 Å². The Morgan fingerprint density at radius 2 is 0.789 bits per heavy atom. The molecule has 0 aliphatic heterocycles. The maximum Gasteiger partial charge on any atom is 0.0970 e. The summed E-state index contributed by atoms with van der Waals surface area (Å²) in [4.78, 5) is 19.3. The molecule has 0 N–H and O–H groups in total. The maximum atomic E-state index is 4.88. The lowest BCUT2D eigenvalue weighted by molar-refractivity contribution is 0.398. The fourth-order valence-corrected chi connectivity index (χ4v) is 9.94. The first-order valence-electron chi connectivity index (χ1n) is 21.8. The van der Waals surface area contributed by atoms with E-state index in [0.29, 0.717) is 0 Å². The molecule has 57 heavy (non-hydrogen) atoms. The molecule has 9 rings (SSSR count). The first-order chi connectivity index (χ1) is 28.2. The van der Waals surface area contributed by atoms with Crippen molar-refractivity contribution in [3.05, 3.63) is 133 Å². The average Bonchev–Trinajstić information content (AvgIpc) is 3.53. The number of benzene rings is 4. The van der Waals surface area contributed by atoms with Gasteiger partial charge in [-0.15, -0.1) is 0 Å². The number of hydrogen-bond acceptors (Lipinski definition) is 4.